The highest BCUT2D eigenvalue weighted by atomic mass is 35.5. The van der Waals surface area contributed by atoms with Crippen LogP contribution in [0.2, 0.25) is 5.02 Å². The highest BCUT2D eigenvalue weighted by Gasteiger charge is 2.11. The van der Waals surface area contributed by atoms with Crippen molar-refractivity contribution in [3.63, 3.8) is 0 Å². The van der Waals surface area contributed by atoms with E-state index in [9.17, 15) is 0 Å². The van der Waals surface area contributed by atoms with E-state index in [0.29, 0.717) is 17.3 Å². The minimum atomic E-state index is 0.257. The van der Waals surface area contributed by atoms with Gasteiger partial charge in [0.1, 0.15) is 10.7 Å². The van der Waals surface area contributed by atoms with Gasteiger partial charge in [-0.2, -0.15) is 0 Å². The molecule has 0 radical (unpaired) electrons. The Morgan fingerprint density at radius 3 is 2.76 bits per heavy atom. The molecule has 2 N–H and O–H groups in total. The first-order valence-corrected chi connectivity index (χ1v) is 5.81. The van der Waals surface area contributed by atoms with Gasteiger partial charge in [0.05, 0.1) is 12.2 Å². The number of nitrogens with two attached hydrogens (primary N) is 1. The summed E-state index contributed by atoms with van der Waals surface area (Å²) in [6, 6.07) is 7.62. The Morgan fingerprint density at radius 2 is 2.18 bits per heavy atom. The van der Waals surface area contributed by atoms with Gasteiger partial charge in [0, 0.05) is 5.02 Å². The van der Waals surface area contributed by atoms with Gasteiger partial charge in [0.25, 0.3) is 0 Å². The molecule has 0 unspecified atom stereocenters. The summed E-state index contributed by atoms with van der Waals surface area (Å²) in [5, 5.41) is 8.67. The summed E-state index contributed by atoms with van der Waals surface area (Å²) in [4.78, 5) is 0.257. The van der Waals surface area contributed by atoms with Gasteiger partial charge in [-0.15, -0.1) is 5.10 Å². The first-order valence-electron chi connectivity index (χ1n) is 5.03. The Morgan fingerprint density at radius 1 is 1.47 bits per heavy atom. The Kier molecular flexibility index (Phi) is 3.40. The van der Waals surface area contributed by atoms with Crippen molar-refractivity contribution in [2.45, 2.75) is 13.5 Å². The van der Waals surface area contributed by atoms with Crippen LogP contribution in [-0.2, 0) is 6.54 Å². The highest BCUT2D eigenvalue weighted by molar-refractivity contribution is 7.80. The molecule has 0 aliphatic rings. The van der Waals surface area contributed by atoms with Gasteiger partial charge in [0.2, 0.25) is 0 Å². The molecular weight excluding hydrogens is 256 g/mol. The topological polar surface area (TPSA) is 56.7 Å². The van der Waals surface area contributed by atoms with Crippen molar-refractivity contribution in [3.8, 4) is 0 Å². The molecule has 2 aromatic rings. The fourth-order valence-electron chi connectivity index (χ4n) is 1.53. The third-order valence-electron chi connectivity index (χ3n) is 2.49. The number of hydrogen-bond acceptors (Lipinski definition) is 3. The average Bonchev–Trinajstić information content (AvgIpc) is 2.64. The lowest BCUT2D eigenvalue weighted by Crippen LogP contribution is -2.12. The largest absolute Gasteiger partial charge is 0.388 e. The molecule has 17 heavy (non-hydrogen) atoms. The van der Waals surface area contributed by atoms with Crippen molar-refractivity contribution in [1.82, 2.24) is 15.0 Å². The lowest BCUT2D eigenvalue weighted by molar-refractivity contribution is 0.633. The summed E-state index contributed by atoms with van der Waals surface area (Å²) in [6.07, 6.45) is 0. The van der Waals surface area contributed by atoms with Crippen LogP contribution in [0.5, 0.6) is 0 Å². The van der Waals surface area contributed by atoms with E-state index in [0.717, 1.165) is 11.3 Å². The quantitative estimate of drug-likeness (QED) is 0.863. The Hall–Kier alpha value is -1.46. The van der Waals surface area contributed by atoms with Gasteiger partial charge >= 0.3 is 0 Å². The van der Waals surface area contributed by atoms with Crippen molar-refractivity contribution in [2.75, 3.05) is 0 Å². The van der Waals surface area contributed by atoms with Gasteiger partial charge < -0.3 is 5.73 Å². The summed E-state index contributed by atoms with van der Waals surface area (Å²) < 4.78 is 1.73. The third-order valence-corrected chi connectivity index (χ3v) is 3.06. The summed E-state index contributed by atoms with van der Waals surface area (Å²) in [5.74, 6) is 0. The van der Waals surface area contributed by atoms with Crippen LogP contribution in [-0.4, -0.2) is 20.0 Å². The molecule has 0 fully saturated rings. The molecular formula is C11H11ClN4S. The van der Waals surface area contributed by atoms with Crippen LogP contribution >= 0.6 is 23.8 Å². The first-order chi connectivity index (χ1) is 8.09. The zero-order chi connectivity index (χ0) is 12.4. The molecule has 0 bridgehead atoms. The SMILES string of the molecule is Cc1c(C(N)=S)nnn1Cc1ccccc1Cl. The van der Waals surface area contributed by atoms with Gasteiger partial charge in [-0.1, -0.05) is 47.2 Å². The maximum Gasteiger partial charge on any atom is 0.142 e. The standard InChI is InChI=1S/C11H11ClN4S/c1-7-10(11(13)17)14-15-16(7)6-8-4-2-3-5-9(8)12/h2-5H,6H2,1H3,(H2,13,17). The number of rotatable bonds is 3. The van der Waals surface area contributed by atoms with Crippen LogP contribution in [0.25, 0.3) is 0 Å². The number of halogens is 1. The molecule has 1 aromatic carbocycles. The zero-order valence-corrected chi connectivity index (χ0v) is 10.8. The van der Waals surface area contributed by atoms with E-state index in [-0.39, 0.29) is 4.99 Å². The number of aromatic nitrogens is 3. The maximum atomic E-state index is 6.08. The normalized spacial score (nSPS) is 10.5. The molecule has 0 saturated heterocycles. The molecule has 0 aliphatic carbocycles. The van der Waals surface area contributed by atoms with Crippen molar-refractivity contribution in [3.05, 3.63) is 46.2 Å². The van der Waals surface area contributed by atoms with Crippen LogP contribution in [0.4, 0.5) is 0 Å². The van der Waals surface area contributed by atoms with E-state index < -0.39 is 0 Å². The molecule has 1 heterocycles. The van der Waals surface area contributed by atoms with E-state index in [1.165, 1.54) is 0 Å². The van der Waals surface area contributed by atoms with Crippen molar-refractivity contribution in [1.29, 1.82) is 0 Å². The molecule has 4 nitrogen and oxygen atoms in total. The Bertz CT molecular complexity index is 564. The van der Waals surface area contributed by atoms with Crippen molar-refractivity contribution in [2.24, 2.45) is 5.73 Å². The summed E-state index contributed by atoms with van der Waals surface area (Å²) in [6.45, 7) is 2.44. The predicted molar refractivity (Wildman–Crippen MR) is 71.2 cm³/mol. The van der Waals surface area contributed by atoms with Gasteiger partial charge in [-0.3, -0.25) is 0 Å². The summed E-state index contributed by atoms with van der Waals surface area (Å²) in [7, 11) is 0. The van der Waals surface area contributed by atoms with E-state index in [1.807, 2.05) is 31.2 Å². The summed E-state index contributed by atoms with van der Waals surface area (Å²) >= 11 is 11.0. The van der Waals surface area contributed by atoms with E-state index in [4.69, 9.17) is 29.6 Å². The maximum absolute atomic E-state index is 6.08. The molecule has 0 atom stereocenters. The highest BCUT2D eigenvalue weighted by Crippen LogP contribution is 2.16. The fraction of sp³-hybridized carbons (Fsp3) is 0.182. The fourth-order valence-corrected chi connectivity index (χ4v) is 1.91. The molecule has 2 rings (SSSR count). The Labute approximate surface area is 109 Å². The lowest BCUT2D eigenvalue weighted by atomic mass is 10.2. The van der Waals surface area contributed by atoms with Crippen molar-refractivity contribution >= 4 is 28.8 Å². The number of hydrogen-bond donors (Lipinski definition) is 1. The molecule has 1 aromatic heterocycles. The monoisotopic (exact) mass is 266 g/mol. The van der Waals surface area contributed by atoms with Crippen LogP contribution in [0.3, 0.4) is 0 Å². The third kappa shape index (κ3) is 2.45. The molecule has 0 spiro atoms. The molecule has 0 aliphatic heterocycles. The van der Waals surface area contributed by atoms with Crippen LogP contribution in [0.1, 0.15) is 17.0 Å². The van der Waals surface area contributed by atoms with Crippen LogP contribution in [0, 0.1) is 6.92 Å². The first kappa shape index (κ1) is 12.0. The van der Waals surface area contributed by atoms with Gasteiger partial charge in [-0.25, -0.2) is 4.68 Å². The number of nitrogens with zero attached hydrogens (tertiary/aromatic N) is 3. The van der Waals surface area contributed by atoms with Gasteiger partial charge in [-0.05, 0) is 18.6 Å². The second-order valence-electron chi connectivity index (χ2n) is 3.64. The van der Waals surface area contributed by atoms with Crippen molar-refractivity contribution < 1.29 is 0 Å². The molecule has 0 amide bonds. The second-order valence-corrected chi connectivity index (χ2v) is 4.48. The summed E-state index contributed by atoms with van der Waals surface area (Å²) in [5.41, 5.74) is 7.93. The lowest BCUT2D eigenvalue weighted by Gasteiger charge is -2.05. The average molecular weight is 267 g/mol. The van der Waals surface area contributed by atoms with Crippen LogP contribution < -0.4 is 5.73 Å². The minimum absolute atomic E-state index is 0.257. The zero-order valence-electron chi connectivity index (χ0n) is 9.22. The smallest absolute Gasteiger partial charge is 0.142 e. The molecule has 88 valence electrons. The van der Waals surface area contributed by atoms with E-state index in [1.54, 1.807) is 4.68 Å². The number of benzene rings is 1. The van der Waals surface area contributed by atoms with E-state index >= 15 is 0 Å². The predicted octanol–water partition coefficient (Wildman–Crippen LogP) is 1.92. The van der Waals surface area contributed by atoms with Crippen LogP contribution in [0.15, 0.2) is 24.3 Å². The Balaban J connectivity index is 2.31. The second kappa shape index (κ2) is 4.81. The van der Waals surface area contributed by atoms with E-state index in [2.05, 4.69) is 10.3 Å². The number of thiocarbonyl (C=S) groups is 1. The van der Waals surface area contributed by atoms with Gasteiger partial charge in [0.15, 0.2) is 0 Å². The minimum Gasteiger partial charge on any atom is -0.388 e. The molecule has 6 heteroatoms. The molecule has 0 saturated carbocycles.